The Kier molecular flexibility index (Phi) is 5.47. The smallest absolute Gasteiger partial charge is 0.314 e. The number of primary amides is 1. The second-order valence-corrected chi connectivity index (χ2v) is 7.76. The first-order valence-corrected chi connectivity index (χ1v) is 10.1. The number of nitrogens with two attached hydrogens (primary N) is 1. The van der Waals surface area contributed by atoms with Crippen molar-refractivity contribution in [2.45, 2.75) is 31.7 Å². The number of hydrogen-bond acceptors (Lipinski definition) is 4. The van der Waals surface area contributed by atoms with E-state index in [1.807, 2.05) is 17.2 Å². The Morgan fingerprint density at radius 3 is 2.54 bits per heavy atom. The Balaban J connectivity index is 1.22. The molecule has 1 aromatic heterocycles. The minimum Gasteiger partial charge on any atom is -0.351 e. The average molecular weight is 384 g/mol. The van der Waals surface area contributed by atoms with Crippen molar-refractivity contribution in [1.29, 1.82) is 0 Å². The van der Waals surface area contributed by atoms with Crippen LogP contribution in [0.1, 0.15) is 24.8 Å². The lowest BCUT2D eigenvalue weighted by atomic mass is 10.0. The number of carbonyl (C=O) groups excluding carboxylic acids is 2. The zero-order chi connectivity index (χ0) is 19.5. The normalized spacial score (nSPS) is 19.3. The number of rotatable bonds is 4. The van der Waals surface area contributed by atoms with E-state index < -0.39 is 0 Å². The molecule has 150 valence electrons. The number of amides is 3. The molecule has 2 aliphatic heterocycles. The molecule has 8 heteroatoms. The molecule has 0 saturated carbocycles. The van der Waals surface area contributed by atoms with Gasteiger partial charge >= 0.3 is 6.03 Å². The number of nitrogens with zero attached hydrogens (tertiary/aromatic N) is 4. The molecular weight excluding hydrogens is 356 g/mol. The van der Waals surface area contributed by atoms with Crippen molar-refractivity contribution in [1.82, 2.24) is 24.9 Å². The number of benzene rings is 1. The molecule has 3 heterocycles. The van der Waals surface area contributed by atoms with Crippen LogP contribution in [0.2, 0.25) is 0 Å². The van der Waals surface area contributed by atoms with Crippen molar-refractivity contribution < 1.29 is 9.59 Å². The third-order valence-electron chi connectivity index (χ3n) is 6.09. The van der Waals surface area contributed by atoms with Crippen molar-refractivity contribution >= 4 is 22.8 Å². The van der Waals surface area contributed by atoms with Gasteiger partial charge in [-0.3, -0.25) is 14.8 Å². The minimum absolute atomic E-state index is 0.232. The van der Waals surface area contributed by atoms with E-state index in [0.29, 0.717) is 12.5 Å². The van der Waals surface area contributed by atoms with Gasteiger partial charge in [-0.1, -0.05) is 6.07 Å². The van der Waals surface area contributed by atoms with Gasteiger partial charge in [0.05, 0.1) is 11.7 Å². The average Bonchev–Trinajstić information content (AvgIpc) is 3.20. The van der Waals surface area contributed by atoms with E-state index in [4.69, 9.17) is 5.73 Å². The molecular formula is C20H28N6O2. The van der Waals surface area contributed by atoms with Gasteiger partial charge in [0, 0.05) is 57.1 Å². The molecule has 1 aromatic carbocycles. The van der Waals surface area contributed by atoms with Crippen LogP contribution in [0, 0.1) is 0 Å². The van der Waals surface area contributed by atoms with E-state index in [1.54, 1.807) is 4.90 Å². The second-order valence-electron chi connectivity index (χ2n) is 7.76. The number of urea groups is 1. The lowest BCUT2D eigenvalue weighted by Crippen LogP contribution is -2.55. The Morgan fingerprint density at radius 1 is 1.07 bits per heavy atom. The summed E-state index contributed by atoms with van der Waals surface area (Å²) in [4.78, 5) is 30.1. The van der Waals surface area contributed by atoms with Crippen LogP contribution in [0.3, 0.4) is 0 Å². The van der Waals surface area contributed by atoms with Crippen LogP contribution in [0.5, 0.6) is 0 Å². The predicted molar refractivity (Wildman–Crippen MR) is 107 cm³/mol. The van der Waals surface area contributed by atoms with Gasteiger partial charge in [-0.2, -0.15) is 5.10 Å². The van der Waals surface area contributed by atoms with Gasteiger partial charge in [-0.05, 0) is 37.0 Å². The molecule has 3 amide bonds. The molecule has 2 saturated heterocycles. The first-order valence-electron chi connectivity index (χ1n) is 10.1. The maximum atomic E-state index is 12.6. The van der Waals surface area contributed by atoms with Crippen LogP contribution in [-0.2, 0) is 11.2 Å². The first kappa shape index (κ1) is 18.7. The number of carbonyl (C=O) groups is 2. The quantitative estimate of drug-likeness (QED) is 0.827. The molecule has 2 fully saturated rings. The fourth-order valence-electron chi connectivity index (χ4n) is 4.34. The van der Waals surface area contributed by atoms with Gasteiger partial charge in [0.25, 0.3) is 0 Å². The molecule has 0 bridgehead atoms. The van der Waals surface area contributed by atoms with E-state index >= 15 is 0 Å². The third kappa shape index (κ3) is 4.11. The Hall–Kier alpha value is -2.61. The molecule has 2 aliphatic rings. The van der Waals surface area contributed by atoms with E-state index in [2.05, 4.69) is 27.2 Å². The fraction of sp³-hybridized carbons (Fsp3) is 0.550. The lowest BCUT2D eigenvalue weighted by molar-refractivity contribution is -0.133. The molecule has 0 spiro atoms. The molecule has 3 N–H and O–H groups in total. The molecule has 8 nitrogen and oxygen atoms in total. The summed E-state index contributed by atoms with van der Waals surface area (Å²) >= 11 is 0. The van der Waals surface area contributed by atoms with E-state index in [1.165, 1.54) is 5.56 Å². The summed E-state index contributed by atoms with van der Waals surface area (Å²) in [6, 6.07) is 6.35. The lowest BCUT2D eigenvalue weighted by Gasteiger charge is -2.42. The number of aryl methyl sites for hydroxylation is 1. The zero-order valence-electron chi connectivity index (χ0n) is 16.1. The molecule has 0 radical (unpaired) electrons. The number of H-pyrrole nitrogens is 1. The number of piperidine rings is 1. The van der Waals surface area contributed by atoms with Crippen molar-refractivity contribution in [3.8, 4) is 0 Å². The second kappa shape index (κ2) is 8.18. The number of aromatic amines is 1. The van der Waals surface area contributed by atoms with Crippen LogP contribution in [0.15, 0.2) is 24.4 Å². The van der Waals surface area contributed by atoms with Crippen molar-refractivity contribution in [3.05, 3.63) is 30.0 Å². The molecule has 0 unspecified atom stereocenters. The summed E-state index contributed by atoms with van der Waals surface area (Å²) in [6.07, 6.45) is 5.04. The number of likely N-dealkylation sites (tertiary alicyclic amines) is 1. The van der Waals surface area contributed by atoms with E-state index in [9.17, 15) is 9.59 Å². The van der Waals surface area contributed by atoms with Crippen LogP contribution < -0.4 is 5.73 Å². The number of piperazine rings is 1. The summed E-state index contributed by atoms with van der Waals surface area (Å²) < 4.78 is 0. The molecule has 2 aromatic rings. The highest BCUT2D eigenvalue weighted by Crippen LogP contribution is 2.19. The number of hydrogen-bond donors (Lipinski definition) is 2. The van der Waals surface area contributed by atoms with Gasteiger partial charge in [-0.15, -0.1) is 0 Å². The van der Waals surface area contributed by atoms with Crippen LogP contribution in [0.4, 0.5) is 4.79 Å². The van der Waals surface area contributed by atoms with Gasteiger partial charge in [-0.25, -0.2) is 4.79 Å². The number of nitrogens with one attached hydrogen (secondary N) is 1. The highest BCUT2D eigenvalue weighted by atomic mass is 16.2. The topological polar surface area (TPSA) is 98.6 Å². The van der Waals surface area contributed by atoms with Crippen LogP contribution in [-0.4, -0.2) is 82.1 Å². The van der Waals surface area contributed by atoms with Crippen LogP contribution in [0.25, 0.3) is 10.9 Å². The Bertz CT molecular complexity index is 834. The summed E-state index contributed by atoms with van der Waals surface area (Å²) in [7, 11) is 0. The summed E-state index contributed by atoms with van der Waals surface area (Å²) in [6.45, 7) is 4.87. The van der Waals surface area contributed by atoms with Crippen molar-refractivity contribution in [2.75, 3.05) is 39.3 Å². The van der Waals surface area contributed by atoms with Gasteiger partial charge in [0.1, 0.15) is 0 Å². The molecule has 28 heavy (non-hydrogen) atoms. The highest BCUT2D eigenvalue weighted by Gasteiger charge is 2.29. The zero-order valence-corrected chi connectivity index (χ0v) is 16.1. The maximum absolute atomic E-state index is 12.6. The van der Waals surface area contributed by atoms with Crippen molar-refractivity contribution in [3.63, 3.8) is 0 Å². The Labute approximate surface area is 164 Å². The van der Waals surface area contributed by atoms with E-state index in [-0.39, 0.29) is 11.9 Å². The maximum Gasteiger partial charge on any atom is 0.314 e. The molecule has 4 rings (SSSR count). The monoisotopic (exact) mass is 384 g/mol. The predicted octanol–water partition coefficient (Wildman–Crippen LogP) is 1.18. The van der Waals surface area contributed by atoms with E-state index in [0.717, 1.165) is 69.4 Å². The summed E-state index contributed by atoms with van der Waals surface area (Å²) in [5.74, 6) is 0.232. The van der Waals surface area contributed by atoms with Crippen molar-refractivity contribution in [2.24, 2.45) is 5.73 Å². The fourth-order valence-corrected chi connectivity index (χ4v) is 4.34. The first-order chi connectivity index (χ1) is 13.6. The number of aromatic nitrogens is 2. The van der Waals surface area contributed by atoms with Gasteiger partial charge < -0.3 is 15.5 Å². The largest absolute Gasteiger partial charge is 0.351 e. The third-order valence-corrected chi connectivity index (χ3v) is 6.09. The Morgan fingerprint density at radius 2 is 1.82 bits per heavy atom. The molecule has 0 atom stereocenters. The SMILES string of the molecule is NC(=O)N1CCC(N2CCN(C(=O)CCc3ccc4[nH]ncc4c3)CC2)CC1. The minimum atomic E-state index is -0.319. The molecule has 0 aliphatic carbocycles. The number of fused-ring (bicyclic) bond motifs is 1. The highest BCUT2D eigenvalue weighted by molar-refractivity contribution is 5.79. The van der Waals surface area contributed by atoms with Crippen LogP contribution >= 0.6 is 0 Å². The van der Waals surface area contributed by atoms with Gasteiger partial charge in [0.2, 0.25) is 5.91 Å². The summed E-state index contributed by atoms with van der Waals surface area (Å²) in [5.41, 5.74) is 7.55. The van der Waals surface area contributed by atoms with Gasteiger partial charge in [0.15, 0.2) is 0 Å². The summed E-state index contributed by atoms with van der Waals surface area (Å²) in [5, 5.41) is 8.07. The standard InChI is InChI=1S/C20H28N6O2/c21-20(28)26-7-5-17(6-8-26)24-9-11-25(12-10-24)19(27)4-2-15-1-3-18-16(13-15)14-22-23-18/h1,3,13-14,17H,2,4-12H2,(H2,21,28)(H,22,23).